The number of carboxylic acids is 1. The summed E-state index contributed by atoms with van der Waals surface area (Å²) in [5, 5.41) is 14.0. The van der Waals surface area contributed by atoms with E-state index in [-0.39, 0.29) is 32.4 Å². The molecule has 1 unspecified atom stereocenters. The fraction of sp³-hybridized carbons (Fsp3) is 0.273. The maximum Gasteiger partial charge on any atom is 0.408 e. The Labute approximate surface area is 260 Å². The summed E-state index contributed by atoms with van der Waals surface area (Å²) < 4.78 is 5.35. The normalized spacial score (nSPS) is 17.2. The van der Waals surface area contributed by atoms with Gasteiger partial charge in [0.1, 0.15) is 31.5 Å². The molecule has 4 amide bonds. The molecule has 12 heteroatoms. The quantitative estimate of drug-likeness (QED) is 0.246. The van der Waals surface area contributed by atoms with Crippen molar-refractivity contribution in [1.82, 2.24) is 20.4 Å². The van der Waals surface area contributed by atoms with Crippen LogP contribution in [0.2, 0.25) is 0 Å². The third-order valence-electron chi connectivity index (χ3n) is 7.17. The summed E-state index contributed by atoms with van der Waals surface area (Å²) >= 11 is 0. The molecular weight excluding hydrogens is 580 g/mol. The van der Waals surface area contributed by atoms with Crippen molar-refractivity contribution >= 4 is 36.1 Å². The molecule has 0 spiro atoms. The van der Waals surface area contributed by atoms with Gasteiger partial charge in [-0.3, -0.25) is 19.2 Å². The van der Waals surface area contributed by atoms with Gasteiger partial charge in [0.2, 0.25) is 17.7 Å². The Morgan fingerprint density at radius 1 is 0.867 bits per heavy atom. The molecule has 1 heterocycles. The van der Waals surface area contributed by atoms with Crippen LogP contribution in [0.4, 0.5) is 4.79 Å². The lowest BCUT2D eigenvalue weighted by atomic mass is 10.0. The van der Waals surface area contributed by atoms with E-state index in [0.717, 1.165) is 21.6 Å². The lowest BCUT2D eigenvalue weighted by Gasteiger charge is -2.31. The maximum atomic E-state index is 14.2. The van der Waals surface area contributed by atoms with E-state index in [1.165, 1.54) is 4.90 Å². The third-order valence-corrected chi connectivity index (χ3v) is 7.17. The topological polar surface area (TPSA) is 162 Å². The van der Waals surface area contributed by atoms with Gasteiger partial charge in [0.15, 0.2) is 0 Å². The van der Waals surface area contributed by atoms with Crippen molar-refractivity contribution in [3.63, 3.8) is 0 Å². The van der Waals surface area contributed by atoms with E-state index in [9.17, 15) is 28.8 Å². The summed E-state index contributed by atoms with van der Waals surface area (Å²) in [6, 6.07) is 23.2. The first kappa shape index (κ1) is 32.4. The molecule has 3 atom stereocenters. The standard InChI is InChI=1S/C33H34N4O8/c38-21-26(17-30(40)41)34-29(39)20-37-28(16-23-10-4-1-5-11-23)32(43)36(18-24-12-6-2-7-13-24)19-27(31(37)42)35-33(44)45-22-25-14-8-3-9-15-25/h1-15,21,26-28H,16-20,22H2,(H,34,39)(H,35,44)(H,40,41)/t26-,27?,28-/m0/s1. The van der Waals surface area contributed by atoms with Crippen LogP contribution in [0.3, 0.4) is 0 Å². The predicted octanol–water partition coefficient (Wildman–Crippen LogP) is 1.92. The van der Waals surface area contributed by atoms with Crippen LogP contribution in [-0.2, 0) is 48.3 Å². The molecule has 0 saturated carbocycles. The summed E-state index contributed by atoms with van der Waals surface area (Å²) in [4.78, 5) is 79.3. The van der Waals surface area contributed by atoms with E-state index in [1.807, 2.05) is 36.4 Å². The highest BCUT2D eigenvalue weighted by Crippen LogP contribution is 2.20. The number of hydrogen-bond donors (Lipinski definition) is 3. The van der Waals surface area contributed by atoms with Gasteiger partial charge in [0.25, 0.3) is 0 Å². The van der Waals surface area contributed by atoms with Gasteiger partial charge in [-0.2, -0.15) is 0 Å². The van der Waals surface area contributed by atoms with Crippen LogP contribution in [0.1, 0.15) is 23.1 Å². The van der Waals surface area contributed by atoms with Gasteiger partial charge in [-0.1, -0.05) is 91.0 Å². The highest BCUT2D eigenvalue weighted by molar-refractivity contribution is 5.97. The summed E-state index contributed by atoms with van der Waals surface area (Å²) in [7, 11) is 0. The molecule has 0 bridgehead atoms. The first-order valence-corrected chi connectivity index (χ1v) is 14.3. The average molecular weight is 615 g/mol. The van der Waals surface area contributed by atoms with Crippen molar-refractivity contribution in [1.29, 1.82) is 0 Å². The van der Waals surface area contributed by atoms with E-state index in [0.29, 0.717) is 0 Å². The highest BCUT2D eigenvalue weighted by atomic mass is 16.5. The predicted molar refractivity (Wildman–Crippen MR) is 161 cm³/mol. The molecule has 1 aliphatic heterocycles. The monoisotopic (exact) mass is 614 g/mol. The number of aldehydes is 1. The van der Waals surface area contributed by atoms with E-state index < -0.39 is 60.9 Å². The number of alkyl carbamates (subject to hydrolysis) is 1. The lowest BCUT2D eigenvalue weighted by Crippen LogP contribution is -2.56. The largest absolute Gasteiger partial charge is 0.481 e. The number of nitrogens with one attached hydrogen (secondary N) is 2. The number of aliphatic carboxylic acids is 1. The van der Waals surface area contributed by atoms with Crippen LogP contribution >= 0.6 is 0 Å². The van der Waals surface area contributed by atoms with Crippen molar-refractivity contribution in [3.8, 4) is 0 Å². The number of amides is 4. The van der Waals surface area contributed by atoms with E-state index in [2.05, 4.69) is 10.6 Å². The van der Waals surface area contributed by atoms with Gasteiger partial charge < -0.3 is 35.1 Å². The fourth-order valence-electron chi connectivity index (χ4n) is 5.00. The number of carboxylic acid groups (broad SMARTS) is 1. The first-order valence-electron chi connectivity index (χ1n) is 14.3. The highest BCUT2D eigenvalue weighted by Gasteiger charge is 2.43. The Balaban J connectivity index is 1.64. The van der Waals surface area contributed by atoms with Gasteiger partial charge in [0, 0.05) is 13.0 Å². The Hall–Kier alpha value is -5.52. The Morgan fingerprint density at radius 3 is 2.02 bits per heavy atom. The van der Waals surface area contributed by atoms with Crippen LogP contribution in [0.25, 0.3) is 0 Å². The van der Waals surface area contributed by atoms with Crippen LogP contribution in [-0.4, -0.2) is 82.2 Å². The lowest BCUT2D eigenvalue weighted by molar-refractivity contribution is -0.144. The molecule has 0 aromatic heterocycles. The number of rotatable bonds is 13. The van der Waals surface area contributed by atoms with Crippen molar-refractivity contribution in [3.05, 3.63) is 108 Å². The third kappa shape index (κ3) is 9.48. The van der Waals surface area contributed by atoms with Crippen molar-refractivity contribution in [2.24, 2.45) is 0 Å². The molecule has 45 heavy (non-hydrogen) atoms. The van der Waals surface area contributed by atoms with Gasteiger partial charge in [0.05, 0.1) is 19.0 Å². The number of hydrogen-bond acceptors (Lipinski definition) is 7. The number of ether oxygens (including phenoxy) is 1. The van der Waals surface area contributed by atoms with Gasteiger partial charge >= 0.3 is 12.1 Å². The zero-order valence-electron chi connectivity index (χ0n) is 24.4. The second kappa shape index (κ2) is 15.8. The summed E-state index contributed by atoms with van der Waals surface area (Å²) in [6.07, 6.45) is -1.20. The number of carbonyl (C=O) groups excluding carboxylic acids is 5. The summed E-state index contributed by atoms with van der Waals surface area (Å²) in [5.41, 5.74) is 2.24. The molecule has 12 nitrogen and oxygen atoms in total. The van der Waals surface area contributed by atoms with Crippen LogP contribution < -0.4 is 10.6 Å². The maximum absolute atomic E-state index is 14.2. The molecule has 4 rings (SSSR count). The van der Waals surface area contributed by atoms with Crippen molar-refractivity contribution in [2.45, 2.75) is 44.1 Å². The smallest absolute Gasteiger partial charge is 0.408 e. The molecule has 3 aromatic carbocycles. The Bertz CT molecular complexity index is 1490. The van der Waals surface area contributed by atoms with Gasteiger partial charge in [-0.15, -0.1) is 0 Å². The SMILES string of the molecule is O=C[C@H](CC(=O)O)NC(=O)CN1C(=O)C(NC(=O)OCc2ccccc2)CN(Cc2ccccc2)C(=O)[C@@H]1Cc1ccccc1. The van der Waals surface area contributed by atoms with Crippen molar-refractivity contribution in [2.75, 3.05) is 13.1 Å². The Kier molecular flexibility index (Phi) is 11.4. The van der Waals surface area contributed by atoms with E-state index in [1.54, 1.807) is 54.6 Å². The fourth-order valence-corrected chi connectivity index (χ4v) is 5.00. The molecule has 0 aliphatic carbocycles. The molecule has 3 aromatic rings. The van der Waals surface area contributed by atoms with Crippen LogP contribution in [0.15, 0.2) is 91.0 Å². The molecule has 3 N–H and O–H groups in total. The second-order valence-corrected chi connectivity index (χ2v) is 10.5. The molecule has 1 aliphatic rings. The molecule has 234 valence electrons. The minimum Gasteiger partial charge on any atom is -0.481 e. The Morgan fingerprint density at radius 2 is 1.44 bits per heavy atom. The van der Waals surface area contributed by atoms with E-state index in [4.69, 9.17) is 9.84 Å². The first-order chi connectivity index (χ1) is 21.7. The minimum atomic E-state index is -1.34. The molecule has 0 radical (unpaired) electrons. The van der Waals surface area contributed by atoms with Crippen LogP contribution in [0, 0.1) is 0 Å². The van der Waals surface area contributed by atoms with E-state index >= 15 is 0 Å². The number of carbonyl (C=O) groups is 6. The van der Waals surface area contributed by atoms with Crippen molar-refractivity contribution < 1.29 is 38.6 Å². The number of nitrogens with zero attached hydrogens (tertiary/aromatic N) is 2. The average Bonchev–Trinajstić information content (AvgIpc) is 3.12. The van der Waals surface area contributed by atoms with Crippen LogP contribution in [0.5, 0.6) is 0 Å². The summed E-state index contributed by atoms with van der Waals surface area (Å²) in [6.45, 7) is -0.796. The second-order valence-electron chi connectivity index (χ2n) is 10.5. The molecular formula is C33H34N4O8. The zero-order chi connectivity index (χ0) is 32.2. The molecule has 1 fully saturated rings. The zero-order valence-corrected chi connectivity index (χ0v) is 24.4. The molecule has 1 saturated heterocycles. The van der Waals surface area contributed by atoms with Gasteiger partial charge in [-0.05, 0) is 16.7 Å². The summed E-state index contributed by atoms with van der Waals surface area (Å²) in [5.74, 6) is -3.31. The number of benzene rings is 3. The minimum absolute atomic E-state index is 0.0559. The van der Waals surface area contributed by atoms with Gasteiger partial charge in [-0.25, -0.2) is 4.79 Å².